The molecule has 5 nitrogen and oxygen atoms in total. The highest BCUT2D eigenvalue weighted by Crippen LogP contribution is 2.25. The number of carbonyl (C=O) groups is 2. The largest absolute Gasteiger partial charge is 0.322 e. The highest BCUT2D eigenvalue weighted by Gasteiger charge is 2.21. The van der Waals surface area contributed by atoms with E-state index in [4.69, 9.17) is 0 Å². The third kappa shape index (κ3) is 3.64. The first kappa shape index (κ1) is 17.9. The van der Waals surface area contributed by atoms with Crippen molar-refractivity contribution >= 4 is 40.2 Å². The van der Waals surface area contributed by atoms with Crippen molar-refractivity contribution in [2.75, 3.05) is 16.8 Å². The lowest BCUT2D eigenvalue weighted by atomic mass is 10.1. The van der Waals surface area contributed by atoms with Crippen LogP contribution in [0.1, 0.15) is 24.0 Å². The maximum Gasteiger partial charge on any atom is 0.248 e. The van der Waals surface area contributed by atoms with E-state index in [2.05, 4.69) is 10.3 Å². The van der Waals surface area contributed by atoms with E-state index in [0.717, 1.165) is 46.4 Å². The van der Waals surface area contributed by atoms with Crippen LogP contribution in [0.5, 0.6) is 0 Å². The first-order chi connectivity index (χ1) is 13.6. The first-order valence-corrected chi connectivity index (χ1v) is 9.36. The second-order valence-electron chi connectivity index (χ2n) is 6.89. The van der Waals surface area contributed by atoms with Crippen LogP contribution in [0.15, 0.2) is 60.8 Å². The smallest absolute Gasteiger partial charge is 0.248 e. The van der Waals surface area contributed by atoms with Gasteiger partial charge in [0.05, 0.1) is 11.2 Å². The molecule has 4 rings (SSSR count). The SMILES string of the molecule is Cc1ccc(NC(=O)/C=C/c2ccc(N3CCCC3=O)cc2)c2cccnc12. The average Bonchev–Trinajstić information content (AvgIpc) is 3.15. The molecule has 0 atom stereocenters. The number of benzene rings is 2. The normalized spacial score (nSPS) is 14.2. The number of pyridine rings is 1. The summed E-state index contributed by atoms with van der Waals surface area (Å²) >= 11 is 0. The lowest BCUT2D eigenvalue weighted by molar-refractivity contribution is -0.117. The zero-order chi connectivity index (χ0) is 19.5. The van der Waals surface area contributed by atoms with Crippen molar-refractivity contribution in [2.45, 2.75) is 19.8 Å². The Bertz CT molecular complexity index is 1070. The summed E-state index contributed by atoms with van der Waals surface area (Å²) in [6, 6.07) is 15.3. The summed E-state index contributed by atoms with van der Waals surface area (Å²) in [6.45, 7) is 2.77. The Balaban J connectivity index is 1.46. The fraction of sp³-hybridized carbons (Fsp3) is 0.174. The summed E-state index contributed by atoms with van der Waals surface area (Å²) in [5.41, 5.74) is 4.51. The highest BCUT2D eigenvalue weighted by molar-refractivity contribution is 6.07. The maximum atomic E-state index is 12.4. The molecule has 28 heavy (non-hydrogen) atoms. The molecule has 1 N–H and O–H groups in total. The van der Waals surface area contributed by atoms with Gasteiger partial charge in [-0.05, 0) is 60.9 Å². The summed E-state index contributed by atoms with van der Waals surface area (Å²) in [4.78, 5) is 30.4. The Hall–Kier alpha value is -3.47. The van der Waals surface area contributed by atoms with Crippen LogP contribution in [0, 0.1) is 6.92 Å². The number of nitrogens with one attached hydrogen (secondary N) is 1. The lowest BCUT2D eigenvalue weighted by Crippen LogP contribution is -2.23. The number of fused-ring (bicyclic) bond motifs is 1. The molecule has 0 radical (unpaired) electrons. The van der Waals surface area contributed by atoms with Gasteiger partial charge in [0.2, 0.25) is 11.8 Å². The van der Waals surface area contributed by atoms with Crippen molar-refractivity contribution in [3.63, 3.8) is 0 Å². The Morgan fingerprint density at radius 1 is 1.14 bits per heavy atom. The average molecular weight is 371 g/mol. The van der Waals surface area contributed by atoms with Crippen molar-refractivity contribution in [2.24, 2.45) is 0 Å². The quantitative estimate of drug-likeness (QED) is 0.695. The Morgan fingerprint density at radius 2 is 1.96 bits per heavy atom. The molecule has 1 aromatic heterocycles. The van der Waals surface area contributed by atoms with Crippen LogP contribution in [-0.2, 0) is 9.59 Å². The van der Waals surface area contributed by atoms with Crippen molar-refractivity contribution in [1.82, 2.24) is 4.98 Å². The molecule has 3 aromatic rings. The molecular formula is C23H21N3O2. The number of anilines is 2. The maximum absolute atomic E-state index is 12.4. The number of aromatic nitrogens is 1. The van der Waals surface area contributed by atoms with E-state index in [1.54, 1.807) is 17.2 Å². The molecule has 2 amide bonds. The van der Waals surface area contributed by atoms with Crippen molar-refractivity contribution in [3.8, 4) is 0 Å². The molecule has 1 saturated heterocycles. The number of hydrogen-bond donors (Lipinski definition) is 1. The molecular weight excluding hydrogens is 350 g/mol. The van der Waals surface area contributed by atoms with Crippen LogP contribution >= 0.6 is 0 Å². The molecule has 1 fully saturated rings. The van der Waals surface area contributed by atoms with Gasteiger partial charge in [0.25, 0.3) is 0 Å². The summed E-state index contributed by atoms with van der Waals surface area (Å²) in [7, 11) is 0. The number of carbonyl (C=O) groups excluding carboxylic acids is 2. The molecule has 1 aliphatic heterocycles. The van der Waals surface area contributed by atoms with Gasteiger partial charge < -0.3 is 10.2 Å². The van der Waals surface area contributed by atoms with Crippen molar-refractivity contribution in [3.05, 3.63) is 71.9 Å². The number of hydrogen-bond acceptors (Lipinski definition) is 3. The number of rotatable bonds is 4. The van der Waals surface area contributed by atoms with Gasteiger partial charge in [0.1, 0.15) is 0 Å². The Labute approximate surface area is 163 Å². The molecule has 0 unspecified atom stereocenters. The third-order valence-electron chi connectivity index (χ3n) is 4.93. The highest BCUT2D eigenvalue weighted by atomic mass is 16.2. The Morgan fingerprint density at radius 3 is 2.71 bits per heavy atom. The molecule has 2 heterocycles. The summed E-state index contributed by atoms with van der Waals surface area (Å²) in [5, 5.41) is 3.85. The van der Waals surface area contributed by atoms with Crippen LogP contribution in [0.4, 0.5) is 11.4 Å². The minimum atomic E-state index is -0.201. The topological polar surface area (TPSA) is 62.3 Å². The van der Waals surface area contributed by atoms with Crippen molar-refractivity contribution < 1.29 is 9.59 Å². The van der Waals surface area contributed by atoms with Crippen molar-refractivity contribution in [1.29, 1.82) is 0 Å². The van der Waals surface area contributed by atoms with E-state index >= 15 is 0 Å². The fourth-order valence-electron chi connectivity index (χ4n) is 3.46. The second kappa shape index (κ2) is 7.64. The van der Waals surface area contributed by atoms with Gasteiger partial charge in [-0.3, -0.25) is 14.6 Å². The molecule has 5 heteroatoms. The number of aryl methyl sites for hydroxylation is 1. The van der Waals surface area contributed by atoms with Gasteiger partial charge >= 0.3 is 0 Å². The van der Waals surface area contributed by atoms with E-state index in [1.165, 1.54) is 6.08 Å². The predicted molar refractivity (Wildman–Crippen MR) is 112 cm³/mol. The number of amides is 2. The van der Waals surface area contributed by atoms with Gasteiger partial charge in [0.15, 0.2) is 0 Å². The van der Waals surface area contributed by atoms with Crippen LogP contribution in [0.25, 0.3) is 17.0 Å². The van der Waals surface area contributed by atoms with E-state index in [1.807, 2.05) is 55.5 Å². The van der Waals surface area contributed by atoms with E-state index in [0.29, 0.717) is 6.42 Å². The van der Waals surface area contributed by atoms with Crippen LogP contribution in [0.3, 0.4) is 0 Å². The minimum absolute atomic E-state index is 0.169. The molecule has 0 bridgehead atoms. The summed E-state index contributed by atoms with van der Waals surface area (Å²) < 4.78 is 0. The van der Waals surface area contributed by atoms with Crippen LogP contribution in [-0.4, -0.2) is 23.3 Å². The van der Waals surface area contributed by atoms with Gasteiger partial charge in [-0.15, -0.1) is 0 Å². The minimum Gasteiger partial charge on any atom is -0.322 e. The first-order valence-electron chi connectivity index (χ1n) is 9.36. The van der Waals surface area contributed by atoms with Crippen LogP contribution < -0.4 is 10.2 Å². The third-order valence-corrected chi connectivity index (χ3v) is 4.93. The Kier molecular flexibility index (Phi) is 4.89. The van der Waals surface area contributed by atoms with Gasteiger partial charge in [-0.2, -0.15) is 0 Å². The van der Waals surface area contributed by atoms with E-state index < -0.39 is 0 Å². The van der Waals surface area contributed by atoms with E-state index in [-0.39, 0.29) is 11.8 Å². The lowest BCUT2D eigenvalue weighted by Gasteiger charge is -2.15. The van der Waals surface area contributed by atoms with Gasteiger partial charge in [-0.25, -0.2) is 0 Å². The molecule has 1 aliphatic rings. The van der Waals surface area contributed by atoms with E-state index in [9.17, 15) is 9.59 Å². The van der Waals surface area contributed by atoms with Gasteiger partial charge in [0, 0.05) is 36.3 Å². The zero-order valence-electron chi connectivity index (χ0n) is 15.7. The fourth-order valence-corrected chi connectivity index (χ4v) is 3.46. The summed E-state index contributed by atoms with van der Waals surface area (Å²) in [6.07, 6.45) is 6.55. The second-order valence-corrected chi connectivity index (χ2v) is 6.89. The number of nitrogens with zero attached hydrogens (tertiary/aromatic N) is 2. The predicted octanol–water partition coefficient (Wildman–Crippen LogP) is 4.32. The molecule has 0 spiro atoms. The van der Waals surface area contributed by atoms with Gasteiger partial charge in [-0.1, -0.05) is 18.2 Å². The molecule has 0 aliphatic carbocycles. The van der Waals surface area contributed by atoms with Crippen LogP contribution in [0.2, 0.25) is 0 Å². The summed E-state index contributed by atoms with van der Waals surface area (Å²) in [5.74, 6) is -0.0321. The zero-order valence-corrected chi connectivity index (χ0v) is 15.7. The molecule has 0 saturated carbocycles. The monoisotopic (exact) mass is 371 g/mol. The molecule has 140 valence electrons. The standard InChI is InChI=1S/C23H21N3O2/c1-16-6-12-20(19-4-2-14-24-23(16)19)25-21(27)13-9-17-7-10-18(11-8-17)26-15-3-5-22(26)28/h2,4,6-14H,3,5,15H2,1H3,(H,25,27)/b13-9+. The molecule has 2 aromatic carbocycles.